The summed E-state index contributed by atoms with van der Waals surface area (Å²) in [6.07, 6.45) is 4.36. The molecule has 1 heterocycles. The van der Waals surface area contributed by atoms with Gasteiger partial charge in [-0.3, -0.25) is 0 Å². The van der Waals surface area contributed by atoms with Crippen LogP contribution in [0.15, 0.2) is 47.2 Å². The van der Waals surface area contributed by atoms with Crippen molar-refractivity contribution in [2.75, 3.05) is 5.32 Å². The van der Waals surface area contributed by atoms with E-state index in [9.17, 15) is 13.6 Å². The van der Waals surface area contributed by atoms with Gasteiger partial charge in [-0.05, 0) is 30.3 Å². The van der Waals surface area contributed by atoms with E-state index < -0.39 is 17.7 Å². The Morgan fingerprint density at radius 1 is 1.26 bits per heavy atom. The SMILES string of the molecule is O=C(N/C=C/c1ccco1)Nc1ccc(F)cc1F. The second-order valence-electron chi connectivity index (χ2n) is 3.57. The molecule has 0 fully saturated rings. The van der Waals surface area contributed by atoms with Gasteiger partial charge in [0.15, 0.2) is 0 Å². The maximum Gasteiger partial charge on any atom is 0.323 e. The van der Waals surface area contributed by atoms with Crippen LogP contribution in [0, 0.1) is 11.6 Å². The molecule has 1 aromatic carbocycles. The van der Waals surface area contributed by atoms with E-state index in [0.717, 1.165) is 12.1 Å². The first-order valence-corrected chi connectivity index (χ1v) is 5.38. The van der Waals surface area contributed by atoms with E-state index in [0.29, 0.717) is 11.8 Å². The van der Waals surface area contributed by atoms with Crippen LogP contribution in [0.3, 0.4) is 0 Å². The molecule has 2 N–H and O–H groups in total. The van der Waals surface area contributed by atoms with Crippen molar-refractivity contribution >= 4 is 17.8 Å². The van der Waals surface area contributed by atoms with Gasteiger partial charge in [0.25, 0.3) is 0 Å². The molecule has 0 unspecified atom stereocenters. The summed E-state index contributed by atoms with van der Waals surface area (Å²) in [5.74, 6) is -0.986. The largest absolute Gasteiger partial charge is 0.465 e. The van der Waals surface area contributed by atoms with Gasteiger partial charge in [-0.25, -0.2) is 13.6 Å². The smallest absolute Gasteiger partial charge is 0.323 e. The van der Waals surface area contributed by atoms with Crippen molar-refractivity contribution in [1.82, 2.24) is 5.32 Å². The van der Waals surface area contributed by atoms with Gasteiger partial charge in [0, 0.05) is 12.3 Å². The van der Waals surface area contributed by atoms with E-state index >= 15 is 0 Å². The number of amides is 2. The molecule has 0 spiro atoms. The van der Waals surface area contributed by atoms with Gasteiger partial charge in [0.05, 0.1) is 12.0 Å². The molecule has 0 saturated carbocycles. The van der Waals surface area contributed by atoms with E-state index in [2.05, 4.69) is 10.6 Å². The number of benzene rings is 1. The molecule has 0 atom stereocenters. The van der Waals surface area contributed by atoms with Crippen LogP contribution in [0.4, 0.5) is 19.3 Å². The van der Waals surface area contributed by atoms with Crippen molar-refractivity contribution in [2.24, 2.45) is 0 Å². The third-order valence-corrected chi connectivity index (χ3v) is 2.18. The molecule has 2 aromatic rings. The third kappa shape index (κ3) is 3.67. The minimum absolute atomic E-state index is 0.106. The fourth-order valence-corrected chi connectivity index (χ4v) is 1.33. The molecule has 0 aliphatic rings. The molecule has 6 heteroatoms. The molecule has 2 amide bonds. The van der Waals surface area contributed by atoms with Crippen LogP contribution in [0.1, 0.15) is 5.76 Å². The average Bonchev–Trinajstić information content (AvgIpc) is 2.86. The molecule has 0 radical (unpaired) electrons. The zero-order valence-electron chi connectivity index (χ0n) is 9.69. The van der Waals surface area contributed by atoms with Crippen LogP contribution < -0.4 is 10.6 Å². The van der Waals surface area contributed by atoms with Crippen LogP contribution >= 0.6 is 0 Å². The Kier molecular flexibility index (Phi) is 3.92. The number of rotatable bonds is 3. The molecule has 0 aliphatic heterocycles. The molecule has 19 heavy (non-hydrogen) atoms. The van der Waals surface area contributed by atoms with Crippen molar-refractivity contribution in [3.8, 4) is 0 Å². The number of carbonyl (C=O) groups is 1. The lowest BCUT2D eigenvalue weighted by Crippen LogP contribution is -2.24. The lowest BCUT2D eigenvalue weighted by atomic mass is 10.3. The van der Waals surface area contributed by atoms with Crippen molar-refractivity contribution in [1.29, 1.82) is 0 Å². The zero-order chi connectivity index (χ0) is 13.7. The highest BCUT2D eigenvalue weighted by atomic mass is 19.1. The molecule has 0 saturated heterocycles. The van der Waals surface area contributed by atoms with Crippen molar-refractivity contribution in [2.45, 2.75) is 0 Å². The van der Waals surface area contributed by atoms with E-state index in [-0.39, 0.29) is 5.69 Å². The van der Waals surface area contributed by atoms with Crippen molar-refractivity contribution in [3.63, 3.8) is 0 Å². The Hall–Kier alpha value is -2.63. The van der Waals surface area contributed by atoms with Gasteiger partial charge in [-0.1, -0.05) is 0 Å². The lowest BCUT2D eigenvalue weighted by molar-refractivity contribution is 0.255. The Balaban J connectivity index is 1.91. The predicted octanol–water partition coefficient (Wildman–Crippen LogP) is 3.35. The average molecular weight is 264 g/mol. The van der Waals surface area contributed by atoms with Gasteiger partial charge in [0.2, 0.25) is 0 Å². The summed E-state index contributed by atoms with van der Waals surface area (Å²) in [5, 5.41) is 4.60. The van der Waals surface area contributed by atoms with E-state index in [1.807, 2.05) is 0 Å². The first-order chi connectivity index (χ1) is 9.15. The lowest BCUT2D eigenvalue weighted by Gasteiger charge is -2.05. The minimum Gasteiger partial charge on any atom is -0.465 e. The molecule has 2 rings (SSSR count). The second kappa shape index (κ2) is 5.81. The monoisotopic (exact) mass is 264 g/mol. The molecule has 0 aliphatic carbocycles. The Bertz CT molecular complexity index is 595. The fourth-order valence-electron chi connectivity index (χ4n) is 1.33. The van der Waals surface area contributed by atoms with Gasteiger partial charge in [-0.15, -0.1) is 0 Å². The van der Waals surface area contributed by atoms with Crippen LogP contribution in [0.2, 0.25) is 0 Å². The number of hydrogen-bond donors (Lipinski definition) is 2. The number of urea groups is 1. The number of anilines is 1. The summed E-state index contributed by atoms with van der Waals surface area (Å²) in [6.45, 7) is 0. The summed E-state index contributed by atoms with van der Waals surface area (Å²) < 4.78 is 30.9. The first-order valence-electron chi connectivity index (χ1n) is 5.38. The van der Waals surface area contributed by atoms with Gasteiger partial charge >= 0.3 is 6.03 Å². The van der Waals surface area contributed by atoms with Crippen LogP contribution in [-0.4, -0.2) is 6.03 Å². The maximum absolute atomic E-state index is 13.2. The summed E-state index contributed by atoms with van der Waals surface area (Å²) in [4.78, 5) is 11.4. The Morgan fingerprint density at radius 3 is 2.79 bits per heavy atom. The van der Waals surface area contributed by atoms with Crippen LogP contribution in [-0.2, 0) is 0 Å². The first kappa shape index (κ1) is 12.8. The molecular weight excluding hydrogens is 254 g/mol. The Labute approximate surface area is 107 Å². The number of furan rings is 1. The summed E-state index contributed by atoms with van der Waals surface area (Å²) >= 11 is 0. The molecular formula is C13H10F2N2O2. The van der Waals surface area contributed by atoms with Gasteiger partial charge < -0.3 is 15.1 Å². The molecule has 1 aromatic heterocycles. The van der Waals surface area contributed by atoms with Crippen molar-refractivity contribution in [3.05, 3.63) is 60.2 Å². The highest BCUT2D eigenvalue weighted by Crippen LogP contribution is 2.14. The normalized spacial score (nSPS) is 10.6. The van der Waals surface area contributed by atoms with E-state index in [1.54, 1.807) is 12.1 Å². The molecule has 4 nitrogen and oxygen atoms in total. The summed E-state index contributed by atoms with van der Waals surface area (Å²) in [7, 11) is 0. The van der Waals surface area contributed by atoms with Crippen LogP contribution in [0.5, 0.6) is 0 Å². The Morgan fingerprint density at radius 2 is 2.11 bits per heavy atom. The van der Waals surface area contributed by atoms with Gasteiger partial charge in [-0.2, -0.15) is 0 Å². The third-order valence-electron chi connectivity index (χ3n) is 2.18. The minimum atomic E-state index is -0.842. The maximum atomic E-state index is 13.2. The summed E-state index contributed by atoms with van der Waals surface area (Å²) in [5.41, 5.74) is -0.106. The van der Waals surface area contributed by atoms with E-state index in [4.69, 9.17) is 4.42 Å². The standard InChI is InChI=1S/C13H10F2N2O2/c14-9-3-4-12(11(15)8-9)17-13(18)16-6-5-10-2-1-7-19-10/h1-8H,(H2,16,17,18)/b6-5+. The zero-order valence-corrected chi connectivity index (χ0v) is 9.69. The number of carbonyl (C=O) groups excluding carboxylic acids is 1. The summed E-state index contributed by atoms with van der Waals surface area (Å²) in [6, 6.07) is 5.64. The number of halogens is 2. The van der Waals surface area contributed by atoms with Gasteiger partial charge in [0.1, 0.15) is 17.4 Å². The quantitative estimate of drug-likeness (QED) is 0.893. The van der Waals surface area contributed by atoms with Crippen molar-refractivity contribution < 1.29 is 18.0 Å². The fraction of sp³-hybridized carbons (Fsp3) is 0. The highest BCUT2D eigenvalue weighted by molar-refractivity contribution is 5.90. The topological polar surface area (TPSA) is 54.3 Å². The molecule has 0 bridgehead atoms. The molecule has 98 valence electrons. The second-order valence-corrected chi connectivity index (χ2v) is 3.57. The predicted molar refractivity (Wildman–Crippen MR) is 66.3 cm³/mol. The highest BCUT2D eigenvalue weighted by Gasteiger charge is 2.06. The number of nitrogens with one attached hydrogen (secondary N) is 2. The van der Waals surface area contributed by atoms with E-state index in [1.165, 1.54) is 18.5 Å². The van der Waals surface area contributed by atoms with Crippen LogP contribution in [0.25, 0.3) is 6.08 Å². The number of hydrogen-bond acceptors (Lipinski definition) is 2.